The van der Waals surface area contributed by atoms with Crippen LogP contribution in [0.25, 0.3) is 11.1 Å². The smallest absolute Gasteiger partial charge is 0.266 e. The average molecular weight is 271 g/mol. The number of hydrogen-bond donors (Lipinski definition) is 2. The Morgan fingerprint density at radius 2 is 2.00 bits per heavy atom. The van der Waals surface area contributed by atoms with Gasteiger partial charge in [-0.2, -0.15) is 0 Å². The van der Waals surface area contributed by atoms with Crippen molar-refractivity contribution in [2.45, 2.75) is 13.3 Å². The SMILES string of the molecule is CCCOc1ccc(-c2cncc(C(=O)NN)c2)cc1. The highest BCUT2D eigenvalue weighted by Crippen LogP contribution is 2.22. The number of ether oxygens (including phenoxy) is 1. The second-order valence-corrected chi connectivity index (χ2v) is 4.31. The van der Waals surface area contributed by atoms with Crippen LogP contribution < -0.4 is 16.0 Å². The van der Waals surface area contributed by atoms with Gasteiger partial charge in [-0.25, -0.2) is 5.84 Å². The molecule has 1 aromatic carbocycles. The monoisotopic (exact) mass is 271 g/mol. The lowest BCUT2D eigenvalue weighted by Gasteiger charge is -2.07. The maximum atomic E-state index is 11.5. The molecule has 0 spiro atoms. The van der Waals surface area contributed by atoms with Gasteiger partial charge in [0.1, 0.15) is 5.75 Å². The Morgan fingerprint density at radius 1 is 1.25 bits per heavy atom. The quantitative estimate of drug-likeness (QED) is 0.496. The van der Waals surface area contributed by atoms with Gasteiger partial charge >= 0.3 is 0 Å². The molecule has 0 saturated heterocycles. The molecule has 2 aromatic rings. The molecular formula is C15H17N3O2. The van der Waals surface area contributed by atoms with Crippen molar-refractivity contribution in [1.29, 1.82) is 0 Å². The van der Waals surface area contributed by atoms with E-state index in [2.05, 4.69) is 17.3 Å². The van der Waals surface area contributed by atoms with Crippen LogP contribution in [0, 0.1) is 0 Å². The highest BCUT2D eigenvalue weighted by molar-refractivity contribution is 5.94. The van der Waals surface area contributed by atoms with Gasteiger partial charge in [0.25, 0.3) is 5.91 Å². The summed E-state index contributed by atoms with van der Waals surface area (Å²) in [5.74, 6) is 5.59. The third-order valence-electron chi connectivity index (χ3n) is 2.79. The second kappa shape index (κ2) is 6.68. The highest BCUT2D eigenvalue weighted by Gasteiger charge is 2.06. The Bertz CT molecular complexity index is 582. The van der Waals surface area contributed by atoms with Crippen LogP contribution in [0.3, 0.4) is 0 Å². The van der Waals surface area contributed by atoms with Crippen LogP contribution in [0.5, 0.6) is 5.75 Å². The topological polar surface area (TPSA) is 77.2 Å². The van der Waals surface area contributed by atoms with Crippen molar-refractivity contribution in [2.24, 2.45) is 5.84 Å². The number of carbonyl (C=O) groups excluding carboxylic acids is 1. The molecule has 0 unspecified atom stereocenters. The number of pyridine rings is 1. The van der Waals surface area contributed by atoms with Gasteiger partial charge in [-0.1, -0.05) is 19.1 Å². The molecule has 0 aliphatic carbocycles. The molecule has 0 bridgehead atoms. The van der Waals surface area contributed by atoms with Crippen molar-refractivity contribution in [1.82, 2.24) is 10.4 Å². The maximum Gasteiger partial charge on any atom is 0.266 e. The summed E-state index contributed by atoms with van der Waals surface area (Å²) in [6.45, 7) is 2.76. The molecule has 2 rings (SSSR count). The first-order chi connectivity index (χ1) is 9.74. The minimum atomic E-state index is -0.359. The molecule has 0 fully saturated rings. The molecule has 1 heterocycles. The summed E-state index contributed by atoms with van der Waals surface area (Å²) in [6.07, 6.45) is 4.15. The number of aromatic nitrogens is 1. The van der Waals surface area contributed by atoms with Gasteiger partial charge in [-0.3, -0.25) is 15.2 Å². The maximum absolute atomic E-state index is 11.5. The van der Waals surface area contributed by atoms with E-state index in [9.17, 15) is 4.79 Å². The van der Waals surface area contributed by atoms with Gasteiger partial charge in [-0.15, -0.1) is 0 Å². The van der Waals surface area contributed by atoms with E-state index in [1.807, 2.05) is 24.3 Å². The number of amides is 1. The Balaban J connectivity index is 2.21. The summed E-state index contributed by atoms with van der Waals surface area (Å²) in [5.41, 5.74) is 4.34. The number of nitrogens with one attached hydrogen (secondary N) is 1. The zero-order valence-corrected chi connectivity index (χ0v) is 11.3. The minimum absolute atomic E-state index is 0.359. The molecule has 1 aromatic heterocycles. The van der Waals surface area contributed by atoms with Crippen molar-refractivity contribution >= 4 is 5.91 Å². The summed E-state index contributed by atoms with van der Waals surface area (Å²) >= 11 is 0. The Labute approximate surface area is 117 Å². The first-order valence-corrected chi connectivity index (χ1v) is 6.44. The number of benzene rings is 1. The summed E-state index contributed by atoms with van der Waals surface area (Å²) in [4.78, 5) is 15.5. The first-order valence-electron chi connectivity index (χ1n) is 6.44. The lowest BCUT2D eigenvalue weighted by molar-refractivity contribution is 0.0953. The molecule has 104 valence electrons. The number of carbonyl (C=O) groups is 1. The number of nitrogens with zero attached hydrogens (tertiary/aromatic N) is 1. The van der Waals surface area contributed by atoms with Gasteiger partial charge in [0.2, 0.25) is 0 Å². The Hall–Kier alpha value is -2.40. The van der Waals surface area contributed by atoms with Gasteiger partial charge in [0, 0.05) is 18.0 Å². The van der Waals surface area contributed by atoms with E-state index in [4.69, 9.17) is 10.6 Å². The minimum Gasteiger partial charge on any atom is -0.494 e. The van der Waals surface area contributed by atoms with Gasteiger partial charge in [-0.05, 0) is 30.2 Å². The molecule has 0 radical (unpaired) electrons. The average Bonchev–Trinajstić information content (AvgIpc) is 2.52. The van der Waals surface area contributed by atoms with Crippen molar-refractivity contribution in [2.75, 3.05) is 6.61 Å². The standard InChI is InChI=1S/C15H17N3O2/c1-2-7-20-14-5-3-11(4-6-14)12-8-13(10-17-9-12)15(19)18-16/h3-6,8-10H,2,7,16H2,1H3,(H,18,19). The first kappa shape index (κ1) is 14.0. The van der Waals surface area contributed by atoms with Crippen molar-refractivity contribution in [3.63, 3.8) is 0 Å². The predicted molar refractivity (Wildman–Crippen MR) is 77.1 cm³/mol. The van der Waals surface area contributed by atoms with Crippen LogP contribution in [-0.4, -0.2) is 17.5 Å². The largest absolute Gasteiger partial charge is 0.494 e. The fraction of sp³-hybridized carbons (Fsp3) is 0.200. The predicted octanol–water partition coefficient (Wildman–Crippen LogP) is 2.14. The number of nitrogen functional groups attached to an aromatic ring is 1. The summed E-state index contributed by atoms with van der Waals surface area (Å²) in [7, 11) is 0. The summed E-state index contributed by atoms with van der Waals surface area (Å²) in [5, 5.41) is 0. The third kappa shape index (κ3) is 3.33. The van der Waals surface area contributed by atoms with Crippen molar-refractivity contribution < 1.29 is 9.53 Å². The molecular weight excluding hydrogens is 254 g/mol. The number of hydrazine groups is 1. The van der Waals surface area contributed by atoms with Crippen LogP contribution in [0.2, 0.25) is 0 Å². The molecule has 0 aliphatic heterocycles. The van der Waals surface area contributed by atoms with Crippen molar-refractivity contribution in [3.05, 3.63) is 48.3 Å². The van der Waals surface area contributed by atoms with E-state index in [0.717, 1.165) is 23.3 Å². The molecule has 5 nitrogen and oxygen atoms in total. The zero-order chi connectivity index (χ0) is 14.4. The fourth-order valence-electron chi connectivity index (χ4n) is 1.77. The van der Waals surface area contributed by atoms with E-state index in [1.54, 1.807) is 12.3 Å². The van der Waals surface area contributed by atoms with Gasteiger partial charge in [0.15, 0.2) is 0 Å². The van der Waals surface area contributed by atoms with Crippen LogP contribution in [-0.2, 0) is 0 Å². The third-order valence-corrected chi connectivity index (χ3v) is 2.79. The molecule has 1 amide bonds. The van der Waals surface area contributed by atoms with E-state index in [0.29, 0.717) is 12.2 Å². The lowest BCUT2D eigenvalue weighted by Crippen LogP contribution is -2.30. The normalized spacial score (nSPS) is 10.1. The van der Waals surface area contributed by atoms with E-state index in [-0.39, 0.29) is 5.91 Å². The molecule has 5 heteroatoms. The Morgan fingerprint density at radius 3 is 2.65 bits per heavy atom. The molecule has 0 atom stereocenters. The second-order valence-electron chi connectivity index (χ2n) is 4.31. The molecule has 20 heavy (non-hydrogen) atoms. The van der Waals surface area contributed by atoms with Crippen molar-refractivity contribution in [3.8, 4) is 16.9 Å². The van der Waals surface area contributed by atoms with Gasteiger partial charge < -0.3 is 4.74 Å². The fourth-order valence-corrected chi connectivity index (χ4v) is 1.77. The van der Waals surface area contributed by atoms with E-state index >= 15 is 0 Å². The molecule has 3 N–H and O–H groups in total. The highest BCUT2D eigenvalue weighted by atomic mass is 16.5. The van der Waals surface area contributed by atoms with Crippen LogP contribution in [0.15, 0.2) is 42.7 Å². The van der Waals surface area contributed by atoms with Crippen LogP contribution in [0.4, 0.5) is 0 Å². The van der Waals surface area contributed by atoms with Gasteiger partial charge in [0.05, 0.1) is 12.2 Å². The number of nitrogens with two attached hydrogens (primary N) is 1. The van der Waals surface area contributed by atoms with Crippen LogP contribution in [0.1, 0.15) is 23.7 Å². The van der Waals surface area contributed by atoms with E-state index in [1.165, 1.54) is 6.20 Å². The number of rotatable bonds is 5. The molecule has 0 aliphatic rings. The Kier molecular flexibility index (Phi) is 4.68. The molecule has 0 saturated carbocycles. The summed E-state index contributed by atoms with van der Waals surface area (Å²) < 4.78 is 5.53. The lowest BCUT2D eigenvalue weighted by atomic mass is 10.1. The zero-order valence-electron chi connectivity index (χ0n) is 11.3. The summed E-state index contributed by atoms with van der Waals surface area (Å²) in [6, 6.07) is 9.43. The number of hydrogen-bond acceptors (Lipinski definition) is 4. The van der Waals surface area contributed by atoms with Crippen LogP contribution >= 0.6 is 0 Å². The van der Waals surface area contributed by atoms with E-state index < -0.39 is 0 Å².